The summed E-state index contributed by atoms with van der Waals surface area (Å²) in [4.78, 5) is 20.1. The Balaban J connectivity index is 0.00000320. The molecule has 0 aliphatic carbocycles. The topological polar surface area (TPSA) is 69.2 Å². The van der Waals surface area contributed by atoms with Crippen LogP contribution in [0.2, 0.25) is 5.02 Å². The van der Waals surface area contributed by atoms with Gasteiger partial charge in [-0.15, -0.1) is 24.0 Å². The van der Waals surface area contributed by atoms with Crippen molar-refractivity contribution in [3.8, 4) is 0 Å². The average Bonchev–Trinajstić information content (AvgIpc) is 3.37. The summed E-state index contributed by atoms with van der Waals surface area (Å²) in [6.45, 7) is 3.10. The molecule has 0 bridgehead atoms. The second kappa shape index (κ2) is 11.9. The van der Waals surface area contributed by atoms with Crippen LogP contribution in [0.5, 0.6) is 0 Å². The van der Waals surface area contributed by atoms with Crippen molar-refractivity contribution in [3.63, 3.8) is 0 Å². The summed E-state index contributed by atoms with van der Waals surface area (Å²) in [7, 11) is 3.43. The molecule has 0 spiro atoms. The van der Waals surface area contributed by atoms with Crippen LogP contribution >= 0.6 is 35.6 Å². The van der Waals surface area contributed by atoms with Gasteiger partial charge in [0, 0.05) is 52.1 Å². The number of anilines is 1. The molecule has 0 aromatic heterocycles. The molecular formula is C20H30ClFIN5O2. The van der Waals surface area contributed by atoms with Crippen molar-refractivity contribution >= 4 is 53.1 Å². The Bertz CT molecular complexity index is 746. The number of ether oxygens (including phenoxy) is 1. The van der Waals surface area contributed by atoms with Crippen LogP contribution in [0.4, 0.5) is 10.1 Å². The second-order valence-corrected chi connectivity index (χ2v) is 8.05. The van der Waals surface area contributed by atoms with Crippen molar-refractivity contribution in [2.45, 2.75) is 31.4 Å². The van der Waals surface area contributed by atoms with Gasteiger partial charge in [-0.25, -0.2) is 9.38 Å². The zero-order valence-electron chi connectivity index (χ0n) is 17.4. The molecule has 7 nitrogen and oxygen atoms in total. The van der Waals surface area contributed by atoms with E-state index in [2.05, 4.69) is 20.5 Å². The number of hydrogen-bond acceptors (Lipinski definition) is 4. The van der Waals surface area contributed by atoms with Crippen molar-refractivity contribution < 1.29 is 13.9 Å². The van der Waals surface area contributed by atoms with E-state index in [0.29, 0.717) is 12.5 Å². The smallest absolute Gasteiger partial charge is 0.243 e. The third-order valence-electron chi connectivity index (χ3n) is 5.19. The van der Waals surface area contributed by atoms with Gasteiger partial charge in [0.2, 0.25) is 5.91 Å². The highest BCUT2D eigenvalue weighted by atomic mass is 127. The van der Waals surface area contributed by atoms with Crippen molar-refractivity contribution in [3.05, 3.63) is 29.0 Å². The van der Waals surface area contributed by atoms with E-state index in [1.807, 2.05) is 0 Å². The van der Waals surface area contributed by atoms with E-state index in [0.717, 1.165) is 44.6 Å². The predicted molar refractivity (Wildman–Crippen MR) is 129 cm³/mol. The normalized spacial score (nSPS) is 21.3. The molecule has 2 saturated heterocycles. The molecule has 1 aromatic rings. The Labute approximate surface area is 199 Å². The average molecular weight is 554 g/mol. The lowest BCUT2D eigenvalue weighted by molar-refractivity contribution is -0.127. The predicted octanol–water partition coefficient (Wildman–Crippen LogP) is 2.48. The number of aliphatic imine (C=N–C) groups is 1. The number of guanidine groups is 1. The summed E-state index contributed by atoms with van der Waals surface area (Å²) >= 11 is 5.92. The largest absolute Gasteiger partial charge is 0.376 e. The van der Waals surface area contributed by atoms with Gasteiger partial charge in [-0.1, -0.05) is 11.6 Å². The van der Waals surface area contributed by atoms with Gasteiger partial charge in [-0.05, 0) is 37.5 Å². The molecular weight excluding hydrogens is 524 g/mol. The van der Waals surface area contributed by atoms with Crippen LogP contribution in [-0.2, 0) is 9.53 Å². The lowest BCUT2D eigenvalue weighted by atomic mass is 10.2. The van der Waals surface area contributed by atoms with Crippen LogP contribution in [0, 0.1) is 5.82 Å². The molecule has 2 heterocycles. The Morgan fingerprint density at radius 2 is 2.20 bits per heavy atom. The standard InChI is InChI=1S/C20H29ClFN5O2.HI/c1-26(2)19(28)12-24-20(23-11-16-4-3-9-29-16)25-14-7-8-27(13-14)15-5-6-18(22)17(21)10-15;/h5-6,10,14,16H,3-4,7-9,11-13H2,1-2H3,(H2,23,24,25);1H. The Morgan fingerprint density at radius 3 is 2.87 bits per heavy atom. The number of halogens is 3. The highest BCUT2D eigenvalue weighted by Crippen LogP contribution is 2.25. The first kappa shape index (κ1) is 24.9. The molecule has 2 aliphatic rings. The van der Waals surface area contributed by atoms with E-state index in [1.54, 1.807) is 26.2 Å². The summed E-state index contributed by atoms with van der Waals surface area (Å²) in [5.74, 6) is 0.138. The molecule has 2 fully saturated rings. The maximum Gasteiger partial charge on any atom is 0.243 e. The van der Waals surface area contributed by atoms with E-state index >= 15 is 0 Å². The van der Waals surface area contributed by atoms with Gasteiger partial charge in [0.1, 0.15) is 12.4 Å². The van der Waals surface area contributed by atoms with Crippen LogP contribution in [0.3, 0.4) is 0 Å². The summed E-state index contributed by atoms with van der Waals surface area (Å²) in [6, 6.07) is 4.94. The van der Waals surface area contributed by atoms with E-state index < -0.39 is 5.82 Å². The van der Waals surface area contributed by atoms with E-state index in [-0.39, 0.29) is 53.6 Å². The number of amides is 1. The zero-order valence-corrected chi connectivity index (χ0v) is 20.5. The minimum absolute atomic E-state index is 0. The Kier molecular flexibility index (Phi) is 9.89. The number of carbonyl (C=O) groups excluding carboxylic acids is 1. The highest BCUT2D eigenvalue weighted by Gasteiger charge is 2.25. The molecule has 0 saturated carbocycles. The number of rotatable bonds is 6. The molecule has 0 radical (unpaired) electrons. The van der Waals surface area contributed by atoms with Crippen LogP contribution in [0.15, 0.2) is 23.2 Å². The second-order valence-electron chi connectivity index (χ2n) is 7.64. The summed E-state index contributed by atoms with van der Waals surface area (Å²) < 4.78 is 19.1. The van der Waals surface area contributed by atoms with E-state index in [1.165, 1.54) is 11.0 Å². The fourth-order valence-electron chi connectivity index (χ4n) is 3.44. The third-order valence-corrected chi connectivity index (χ3v) is 5.48. The summed E-state index contributed by atoms with van der Waals surface area (Å²) in [5.41, 5.74) is 0.897. The molecule has 168 valence electrons. The summed E-state index contributed by atoms with van der Waals surface area (Å²) in [6.07, 6.45) is 3.17. The molecule has 2 aliphatic heterocycles. The maximum atomic E-state index is 13.4. The number of nitrogens with zero attached hydrogens (tertiary/aromatic N) is 3. The van der Waals surface area contributed by atoms with Crippen LogP contribution < -0.4 is 15.5 Å². The Morgan fingerprint density at radius 1 is 1.40 bits per heavy atom. The highest BCUT2D eigenvalue weighted by molar-refractivity contribution is 14.0. The van der Waals surface area contributed by atoms with Crippen molar-refractivity contribution in [2.24, 2.45) is 4.99 Å². The molecule has 2 N–H and O–H groups in total. The number of carbonyl (C=O) groups is 1. The summed E-state index contributed by atoms with van der Waals surface area (Å²) in [5, 5.41) is 6.86. The quantitative estimate of drug-likeness (QED) is 0.322. The van der Waals surface area contributed by atoms with Gasteiger partial charge in [-0.3, -0.25) is 4.79 Å². The first-order chi connectivity index (χ1) is 13.9. The van der Waals surface area contributed by atoms with Crippen LogP contribution in [0.25, 0.3) is 0 Å². The van der Waals surface area contributed by atoms with Gasteiger partial charge in [0.05, 0.1) is 11.1 Å². The SMILES string of the molecule is CN(C)C(=O)CN=C(NCC1CCCO1)NC1CCN(c2ccc(F)c(Cl)c2)C1.I. The first-order valence-corrected chi connectivity index (χ1v) is 10.4. The van der Waals surface area contributed by atoms with Crippen molar-refractivity contribution in [1.29, 1.82) is 0 Å². The first-order valence-electron chi connectivity index (χ1n) is 9.99. The van der Waals surface area contributed by atoms with Crippen molar-refractivity contribution in [1.82, 2.24) is 15.5 Å². The number of nitrogens with one attached hydrogen (secondary N) is 2. The van der Waals surface area contributed by atoms with Gasteiger partial charge in [0.15, 0.2) is 5.96 Å². The number of likely N-dealkylation sites (N-methyl/N-ethyl adjacent to an activating group) is 1. The molecule has 2 unspecified atom stereocenters. The zero-order chi connectivity index (χ0) is 20.8. The van der Waals surface area contributed by atoms with Gasteiger partial charge >= 0.3 is 0 Å². The number of hydrogen-bond donors (Lipinski definition) is 2. The number of benzene rings is 1. The Hall–Kier alpha value is -1.33. The third kappa shape index (κ3) is 7.12. The van der Waals surface area contributed by atoms with Gasteiger partial charge in [-0.2, -0.15) is 0 Å². The van der Waals surface area contributed by atoms with E-state index in [4.69, 9.17) is 16.3 Å². The fraction of sp³-hybridized carbons (Fsp3) is 0.600. The molecule has 10 heteroatoms. The van der Waals surface area contributed by atoms with Gasteiger partial charge in [0.25, 0.3) is 0 Å². The van der Waals surface area contributed by atoms with Crippen LogP contribution in [-0.4, -0.2) is 75.8 Å². The van der Waals surface area contributed by atoms with E-state index in [9.17, 15) is 9.18 Å². The molecule has 2 atom stereocenters. The fourth-order valence-corrected chi connectivity index (χ4v) is 3.62. The van der Waals surface area contributed by atoms with Gasteiger partial charge < -0.3 is 25.2 Å². The molecule has 1 aromatic carbocycles. The maximum absolute atomic E-state index is 13.4. The molecule has 1 amide bonds. The monoisotopic (exact) mass is 553 g/mol. The lowest BCUT2D eigenvalue weighted by Gasteiger charge is -2.21. The minimum Gasteiger partial charge on any atom is -0.376 e. The van der Waals surface area contributed by atoms with Crippen LogP contribution in [0.1, 0.15) is 19.3 Å². The van der Waals surface area contributed by atoms with Crippen molar-refractivity contribution in [2.75, 3.05) is 51.8 Å². The minimum atomic E-state index is -0.414. The lowest BCUT2D eigenvalue weighted by Crippen LogP contribution is -2.47. The molecule has 30 heavy (non-hydrogen) atoms. The molecule has 3 rings (SSSR count).